The van der Waals surface area contributed by atoms with Crippen molar-refractivity contribution in [3.05, 3.63) is 66.5 Å². The molecule has 0 bridgehead atoms. The number of hydrogen-bond donors (Lipinski definition) is 1. The molecule has 2 aromatic carbocycles. The Bertz CT molecular complexity index is 1060. The van der Waals surface area contributed by atoms with Crippen molar-refractivity contribution in [1.82, 2.24) is 15.0 Å². The van der Waals surface area contributed by atoms with Gasteiger partial charge in [0.25, 0.3) is 5.91 Å². The predicted octanol–water partition coefficient (Wildman–Crippen LogP) is 4.01. The van der Waals surface area contributed by atoms with Crippen LogP contribution in [0.1, 0.15) is 10.4 Å². The van der Waals surface area contributed by atoms with Crippen LogP contribution in [0.15, 0.2) is 60.9 Å². The second kappa shape index (κ2) is 6.89. The third-order valence-corrected chi connectivity index (χ3v) is 4.70. The highest BCUT2D eigenvalue weighted by atomic mass is 32.1. The van der Waals surface area contributed by atoms with Gasteiger partial charge in [-0.25, -0.2) is 15.0 Å². The number of ether oxygens (including phenoxy) is 1. The van der Waals surface area contributed by atoms with E-state index in [4.69, 9.17) is 4.74 Å². The van der Waals surface area contributed by atoms with E-state index in [1.807, 2.05) is 48.5 Å². The van der Waals surface area contributed by atoms with Crippen molar-refractivity contribution < 1.29 is 9.53 Å². The topological polar surface area (TPSA) is 77.0 Å². The summed E-state index contributed by atoms with van der Waals surface area (Å²) < 4.78 is 6.14. The highest BCUT2D eigenvalue weighted by molar-refractivity contribution is 7.22. The Kier molecular flexibility index (Phi) is 4.28. The summed E-state index contributed by atoms with van der Waals surface area (Å²) in [5.41, 5.74) is 2.09. The molecule has 0 atom stereocenters. The van der Waals surface area contributed by atoms with Crippen molar-refractivity contribution in [2.75, 3.05) is 12.4 Å². The second-order valence-electron chi connectivity index (χ2n) is 5.47. The molecule has 0 saturated carbocycles. The van der Waals surface area contributed by atoms with E-state index in [1.54, 1.807) is 7.11 Å². The third kappa shape index (κ3) is 3.25. The molecular formula is C19H14N4O2S. The van der Waals surface area contributed by atoms with E-state index < -0.39 is 0 Å². The lowest BCUT2D eigenvalue weighted by molar-refractivity contribution is 0.102. The molecule has 4 aromatic rings. The quantitative estimate of drug-likeness (QED) is 0.593. The summed E-state index contributed by atoms with van der Waals surface area (Å²) in [5, 5.41) is 3.31. The summed E-state index contributed by atoms with van der Waals surface area (Å²) in [6.45, 7) is 0. The average molecular weight is 362 g/mol. The molecule has 1 N–H and O–H groups in total. The number of carbonyl (C=O) groups is 1. The lowest BCUT2D eigenvalue weighted by atomic mass is 10.2. The van der Waals surface area contributed by atoms with Crippen molar-refractivity contribution in [1.29, 1.82) is 0 Å². The Morgan fingerprint density at radius 2 is 1.85 bits per heavy atom. The molecular weight excluding hydrogens is 348 g/mol. The lowest BCUT2D eigenvalue weighted by Crippen LogP contribution is -2.12. The maximum atomic E-state index is 12.4. The smallest absolute Gasteiger partial charge is 0.260 e. The van der Waals surface area contributed by atoms with Crippen molar-refractivity contribution >= 4 is 32.6 Å². The van der Waals surface area contributed by atoms with E-state index in [-0.39, 0.29) is 5.91 Å². The highest BCUT2D eigenvalue weighted by Crippen LogP contribution is 2.29. The monoisotopic (exact) mass is 362 g/mol. The van der Waals surface area contributed by atoms with Gasteiger partial charge in [0.2, 0.25) is 0 Å². The lowest BCUT2D eigenvalue weighted by Gasteiger charge is -2.03. The standard InChI is InChI=1S/C19H14N4O2S/c1-25-14-7-8-15-16(9-14)26-19(22-15)23-18(24)13-10-20-17(21-11-13)12-5-3-2-4-6-12/h2-11H,1H3,(H,22,23,24). The van der Waals surface area contributed by atoms with Crippen LogP contribution < -0.4 is 10.1 Å². The maximum absolute atomic E-state index is 12.4. The molecule has 0 spiro atoms. The molecule has 1 amide bonds. The number of rotatable bonds is 4. The summed E-state index contributed by atoms with van der Waals surface area (Å²) in [6.07, 6.45) is 3.03. The van der Waals surface area contributed by atoms with Crippen LogP contribution in [0.2, 0.25) is 0 Å². The molecule has 128 valence electrons. The Morgan fingerprint density at radius 1 is 1.08 bits per heavy atom. The molecule has 0 saturated heterocycles. The SMILES string of the molecule is COc1ccc2nc(NC(=O)c3cnc(-c4ccccc4)nc3)sc2c1. The zero-order chi connectivity index (χ0) is 17.9. The van der Waals surface area contributed by atoms with E-state index in [9.17, 15) is 4.79 Å². The van der Waals surface area contributed by atoms with Crippen molar-refractivity contribution in [2.24, 2.45) is 0 Å². The maximum Gasteiger partial charge on any atom is 0.260 e. The van der Waals surface area contributed by atoms with Crippen molar-refractivity contribution in [3.8, 4) is 17.1 Å². The summed E-state index contributed by atoms with van der Waals surface area (Å²) in [6, 6.07) is 15.2. The average Bonchev–Trinajstić information content (AvgIpc) is 3.10. The van der Waals surface area contributed by atoms with Crippen LogP contribution in [0.5, 0.6) is 5.75 Å². The first-order valence-corrected chi connectivity index (χ1v) is 8.68. The zero-order valence-corrected chi connectivity index (χ0v) is 14.7. The van der Waals surface area contributed by atoms with Gasteiger partial charge in [-0.05, 0) is 18.2 Å². The second-order valence-corrected chi connectivity index (χ2v) is 6.50. The van der Waals surface area contributed by atoms with Gasteiger partial charge in [0.05, 0.1) is 22.9 Å². The van der Waals surface area contributed by atoms with Gasteiger partial charge in [-0.15, -0.1) is 0 Å². The Hall–Kier alpha value is -3.32. The molecule has 0 radical (unpaired) electrons. The molecule has 0 aliphatic carbocycles. The first-order valence-electron chi connectivity index (χ1n) is 7.86. The van der Waals surface area contributed by atoms with Gasteiger partial charge < -0.3 is 4.74 Å². The van der Waals surface area contributed by atoms with Gasteiger partial charge in [0.15, 0.2) is 11.0 Å². The first-order chi connectivity index (χ1) is 12.7. The van der Waals surface area contributed by atoms with E-state index in [1.165, 1.54) is 23.7 Å². The number of carbonyl (C=O) groups excluding carboxylic acids is 1. The first kappa shape index (κ1) is 16.2. The Morgan fingerprint density at radius 3 is 2.58 bits per heavy atom. The molecule has 26 heavy (non-hydrogen) atoms. The van der Waals surface area contributed by atoms with Gasteiger partial charge in [-0.2, -0.15) is 0 Å². The molecule has 0 aliphatic heterocycles. The van der Waals surface area contributed by atoms with Gasteiger partial charge in [0.1, 0.15) is 5.75 Å². The summed E-state index contributed by atoms with van der Waals surface area (Å²) in [4.78, 5) is 25.4. The van der Waals surface area contributed by atoms with Crippen LogP contribution in [-0.2, 0) is 0 Å². The Labute approximate surface area is 153 Å². The minimum Gasteiger partial charge on any atom is -0.497 e. The molecule has 2 aromatic heterocycles. The van der Waals surface area contributed by atoms with E-state index in [2.05, 4.69) is 20.3 Å². The fraction of sp³-hybridized carbons (Fsp3) is 0.0526. The number of anilines is 1. The molecule has 0 fully saturated rings. The van der Waals surface area contributed by atoms with Crippen LogP contribution in [0.25, 0.3) is 21.6 Å². The summed E-state index contributed by atoms with van der Waals surface area (Å²) in [5.74, 6) is 1.04. The minimum atomic E-state index is -0.296. The van der Waals surface area contributed by atoms with Gasteiger partial charge in [0, 0.05) is 18.0 Å². The summed E-state index contributed by atoms with van der Waals surface area (Å²) in [7, 11) is 1.62. The summed E-state index contributed by atoms with van der Waals surface area (Å²) >= 11 is 1.39. The van der Waals surface area contributed by atoms with Crippen LogP contribution >= 0.6 is 11.3 Å². The molecule has 7 heteroatoms. The predicted molar refractivity (Wildman–Crippen MR) is 102 cm³/mol. The van der Waals surface area contributed by atoms with Crippen molar-refractivity contribution in [2.45, 2.75) is 0 Å². The number of amides is 1. The van der Waals surface area contributed by atoms with E-state index in [0.717, 1.165) is 21.5 Å². The number of aromatic nitrogens is 3. The van der Waals surface area contributed by atoms with Gasteiger partial charge in [-0.3, -0.25) is 10.1 Å². The number of hydrogen-bond acceptors (Lipinski definition) is 6. The van der Waals surface area contributed by atoms with Gasteiger partial charge >= 0.3 is 0 Å². The molecule has 4 rings (SSSR count). The number of nitrogens with zero attached hydrogens (tertiary/aromatic N) is 3. The largest absolute Gasteiger partial charge is 0.497 e. The minimum absolute atomic E-state index is 0.296. The van der Waals surface area contributed by atoms with Crippen molar-refractivity contribution in [3.63, 3.8) is 0 Å². The van der Waals surface area contributed by atoms with Gasteiger partial charge in [-0.1, -0.05) is 41.7 Å². The van der Waals surface area contributed by atoms with Crippen LogP contribution in [0.3, 0.4) is 0 Å². The normalized spacial score (nSPS) is 10.7. The molecule has 0 aliphatic rings. The molecule has 0 unspecified atom stereocenters. The van der Waals surface area contributed by atoms with Crippen LogP contribution in [0.4, 0.5) is 5.13 Å². The third-order valence-electron chi connectivity index (χ3n) is 3.76. The highest BCUT2D eigenvalue weighted by Gasteiger charge is 2.12. The zero-order valence-electron chi connectivity index (χ0n) is 13.8. The van der Waals surface area contributed by atoms with Crippen LogP contribution in [-0.4, -0.2) is 28.0 Å². The van der Waals surface area contributed by atoms with Crippen LogP contribution in [0, 0.1) is 0 Å². The van der Waals surface area contributed by atoms with E-state index >= 15 is 0 Å². The number of nitrogens with one attached hydrogen (secondary N) is 1. The molecule has 2 heterocycles. The Balaban J connectivity index is 1.53. The molecule has 6 nitrogen and oxygen atoms in total. The number of fused-ring (bicyclic) bond motifs is 1. The number of methoxy groups -OCH3 is 1. The fourth-order valence-corrected chi connectivity index (χ4v) is 3.33. The van der Waals surface area contributed by atoms with E-state index in [0.29, 0.717) is 16.5 Å². The number of thiazole rings is 1. The number of benzene rings is 2. The fourth-order valence-electron chi connectivity index (χ4n) is 2.44.